The molecule has 104 valence electrons. The summed E-state index contributed by atoms with van der Waals surface area (Å²) in [5.41, 5.74) is 7.46. The van der Waals surface area contributed by atoms with Crippen LogP contribution in [0.3, 0.4) is 0 Å². The molecule has 2 rings (SSSR count). The Morgan fingerprint density at radius 3 is 3.00 bits per heavy atom. The van der Waals surface area contributed by atoms with Gasteiger partial charge in [0.15, 0.2) is 5.84 Å². The minimum Gasteiger partial charge on any atom is -0.497 e. The molecule has 1 atom stereocenters. The number of hydrogen-bond acceptors (Lipinski definition) is 5. The molecule has 0 amide bonds. The van der Waals surface area contributed by atoms with Gasteiger partial charge in [-0.3, -0.25) is 0 Å². The first kappa shape index (κ1) is 13.9. The highest BCUT2D eigenvalue weighted by Gasteiger charge is 2.23. The lowest BCUT2D eigenvalue weighted by Crippen LogP contribution is -2.41. The topological polar surface area (TPSA) is 71.1 Å². The Kier molecular flexibility index (Phi) is 4.42. The molecule has 0 saturated carbocycles. The number of rotatable bonds is 3. The summed E-state index contributed by atoms with van der Waals surface area (Å²) in [7, 11) is 1.64. The lowest BCUT2D eigenvalue weighted by molar-refractivity contribution is 0.318. The lowest BCUT2D eigenvalue weighted by Gasteiger charge is -2.36. The largest absolute Gasteiger partial charge is 0.497 e. The first-order chi connectivity index (χ1) is 9.17. The maximum absolute atomic E-state index is 8.91. The second-order valence-corrected chi connectivity index (χ2v) is 5.64. The molecule has 0 radical (unpaired) electrons. The Bertz CT molecular complexity index is 479. The van der Waals surface area contributed by atoms with E-state index in [9.17, 15) is 0 Å². The molecule has 19 heavy (non-hydrogen) atoms. The molecule has 1 aromatic rings. The van der Waals surface area contributed by atoms with Gasteiger partial charge in [0.2, 0.25) is 0 Å². The van der Waals surface area contributed by atoms with Crippen LogP contribution in [0.4, 0.5) is 5.69 Å². The molecule has 1 heterocycles. The summed E-state index contributed by atoms with van der Waals surface area (Å²) < 4.78 is 5.27. The zero-order valence-electron chi connectivity index (χ0n) is 11.2. The lowest BCUT2D eigenvalue weighted by atomic mass is 10.1. The van der Waals surface area contributed by atoms with E-state index in [2.05, 4.69) is 17.0 Å². The summed E-state index contributed by atoms with van der Waals surface area (Å²) >= 11 is 1.95. The first-order valence-electron chi connectivity index (χ1n) is 6.17. The molecule has 1 aliphatic heterocycles. The standard InChI is InChI=1S/C13H19N3O2S/c1-9-8-19-6-5-16(9)12-7-10(18-2)3-4-11(12)13(14)15-17/h3-4,7,9,17H,5-6,8H2,1-2H3,(H2,14,15). The van der Waals surface area contributed by atoms with Crippen LogP contribution >= 0.6 is 11.8 Å². The second-order valence-electron chi connectivity index (χ2n) is 4.49. The average molecular weight is 281 g/mol. The number of anilines is 1. The molecule has 1 fully saturated rings. The molecule has 1 aromatic carbocycles. The Labute approximate surface area is 117 Å². The van der Waals surface area contributed by atoms with Gasteiger partial charge < -0.3 is 20.6 Å². The monoisotopic (exact) mass is 281 g/mol. The molecule has 1 unspecified atom stereocenters. The van der Waals surface area contributed by atoms with Crippen LogP contribution in [0.25, 0.3) is 0 Å². The molecule has 0 aromatic heterocycles. The maximum atomic E-state index is 8.91. The minimum atomic E-state index is 0.128. The summed E-state index contributed by atoms with van der Waals surface area (Å²) in [5, 5.41) is 12.0. The molecular weight excluding hydrogens is 262 g/mol. The fourth-order valence-corrected chi connectivity index (χ4v) is 3.25. The minimum absolute atomic E-state index is 0.128. The van der Waals surface area contributed by atoms with E-state index in [1.54, 1.807) is 7.11 Å². The fraction of sp³-hybridized carbons (Fsp3) is 0.462. The third-order valence-electron chi connectivity index (χ3n) is 3.27. The molecule has 0 aliphatic carbocycles. The molecule has 6 heteroatoms. The molecule has 3 N–H and O–H groups in total. The molecule has 1 saturated heterocycles. The van der Waals surface area contributed by atoms with E-state index in [1.165, 1.54) is 0 Å². The molecule has 0 bridgehead atoms. The van der Waals surface area contributed by atoms with Gasteiger partial charge in [-0.2, -0.15) is 11.8 Å². The number of oxime groups is 1. The van der Waals surface area contributed by atoms with Gasteiger partial charge in [0.05, 0.1) is 12.8 Å². The molecule has 0 spiro atoms. The van der Waals surface area contributed by atoms with E-state index in [1.807, 2.05) is 30.0 Å². The van der Waals surface area contributed by atoms with Crippen LogP contribution in [0, 0.1) is 0 Å². The SMILES string of the molecule is COc1ccc(/C(N)=N/O)c(N2CCSCC2C)c1. The van der Waals surface area contributed by atoms with Crippen molar-refractivity contribution in [2.45, 2.75) is 13.0 Å². The van der Waals surface area contributed by atoms with E-state index in [0.29, 0.717) is 6.04 Å². The average Bonchev–Trinajstić information content (AvgIpc) is 2.46. The van der Waals surface area contributed by atoms with Crippen LogP contribution in [0.1, 0.15) is 12.5 Å². The quantitative estimate of drug-likeness (QED) is 0.382. The van der Waals surface area contributed by atoms with Crippen LogP contribution in [0.5, 0.6) is 5.75 Å². The summed E-state index contributed by atoms with van der Waals surface area (Å²) in [6.45, 7) is 3.13. The van der Waals surface area contributed by atoms with Crippen molar-refractivity contribution in [2.75, 3.05) is 30.1 Å². The van der Waals surface area contributed by atoms with Gasteiger partial charge in [-0.1, -0.05) is 5.16 Å². The number of amidine groups is 1. The highest BCUT2D eigenvalue weighted by molar-refractivity contribution is 7.99. The van der Waals surface area contributed by atoms with Gasteiger partial charge in [-0.25, -0.2) is 0 Å². The number of ether oxygens (including phenoxy) is 1. The second kappa shape index (κ2) is 6.06. The van der Waals surface area contributed by atoms with Crippen molar-refractivity contribution in [1.82, 2.24) is 0 Å². The summed E-state index contributed by atoms with van der Waals surface area (Å²) in [6.07, 6.45) is 0. The van der Waals surface area contributed by atoms with Gasteiger partial charge in [0.25, 0.3) is 0 Å². The van der Waals surface area contributed by atoms with Crippen molar-refractivity contribution in [1.29, 1.82) is 0 Å². The Balaban J connectivity index is 2.45. The van der Waals surface area contributed by atoms with Gasteiger partial charge in [-0.05, 0) is 19.1 Å². The van der Waals surface area contributed by atoms with E-state index < -0.39 is 0 Å². The zero-order valence-corrected chi connectivity index (χ0v) is 12.0. The number of hydrogen-bond donors (Lipinski definition) is 2. The van der Waals surface area contributed by atoms with Crippen molar-refractivity contribution in [2.24, 2.45) is 10.9 Å². The smallest absolute Gasteiger partial charge is 0.172 e. The first-order valence-corrected chi connectivity index (χ1v) is 7.33. The number of nitrogens with two attached hydrogens (primary N) is 1. The maximum Gasteiger partial charge on any atom is 0.172 e. The van der Waals surface area contributed by atoms with Crippen molar-refractivity contribution in [3.63, 3.8) is 0 Å². The number of nitrogens with zero attached hydrogens (tertiary/aromatic N) is 2. The summed E-state index contributed by atoms with van der Waals surface area (Å²) in [5.74, 6) is 3.06. The predicted molar refractivity (Wildman–Crippen MR) is 79.6 cm³/mol. The van der Waals surface area contributed by atoms with Crippen molar-refractivity contribution in [3.8, 4) is 5.75 Å². The summed E-state index contributed by atoms with van der Waals surface area (Å²) in [6, 6.07) is 6.01. The molecular formula is C13H19N3O2S. The molecule has 5 nitrogen and oxygen atoms in total. The van der Waals surface area contributed by atoms with Crippen LogP contribution in [-0.2, 0) is 0 Å². The van der Waals surface area contributed by atoms with Crippen molar-refractivity contribution in [3.05, 3.63) is 23.8 Å². The van der Waals surface area contributed by atoms with E-state index in [0.717, 1.165) is 35.1 Å². The highest BCUT2D eigenvalue weighted by Crippen LogP contribution is 2.30. The van der Waals surface area contributed by atoms with Crippen LogP contribution < -0.4 is 15.4 Å². The normalized spacial score (nSPS) is 20.4. The predicted octanol–water partition coefficient (Wildman–Crippen LogP) is 1.73. The number of benzene rings is 1. The fourth-order valence-electron chi connectivity index (χ4n) is 2.23. The molecule has 1 aliphatic rings. The number of thioether (sulfide) groups is 1. The van der Waals surface area contributed by atoms with Crippen LogP contribution in [0.15, 0.2) is 23.4 Å². The van der Waals surface area contributed by atoms with E-state index in [-0.39, 0.29) is 5.84 Å². The van der Waals surface area contributed by atoms with Gasteiger partial charge in [0, 0.05) is 35.7 Å². The zero-order chi connectivity index (χ0) is 13.8. The Hall–Kier alpha value is -1.56. The van der Waals surface area contributed by atoms with Crippen molar-refractivity contribution >= 4 is 23.3 Å². The third-order valence-corrected chi connectivity index (χ3v) is 4.46. The van der Waals surface area contributed by atoms with Crippen LogP contribution in [-0.4, -0.2) is 42.2 Å². The van der Waals surface area contributed by atoms with Gasteiger partial charge in [0.1, 0.15) is 5.75 Å². The van der Waals surface area contributed by atoms with Gasteiger partial charge in [-0.15, -0.1) is 0 Å². The highest BCUT2D eigenvalue weighted by atomic mass is 32.2. The van der Waals surface area contributed by atoms with E-state index >= 15 is 0 Å². The Morgan fingerprint density at radius 1 is 1.58 bits per heavy atom. The van der Waals surface area contributed by atoms with Crippen molar-refractivity contribution < 1.29 is 9.94 Å². The van der Waals surface area contributed by atoms with E-state index in [4.69, 9.17) is 15.7 Å². The van der Waals surface area contributed by atoms with Gasteiger partial charge >= 0.3 is 0 Å². The number of methoxy groups -OCH3 is 1. The third kappa shape index (κ3) is 2.89. The van der Waals surface area contributed by atoms with Crippen LogP contribution in [0.2, 0.25) is 0 Å². The summed E-state index contributed by atoms with van der Waals surface area (Å²) in [4.78, 5) is 2.28. The Morgan fingerprint density at radius 2 is 2.37 bits per heavy atom.